The maximum atomic E-state index is 11.8. The topological polar surface area (TPSA) is 112 Å². The van der Waals surface area contributed by atoms with Crippen molar-refractivity contribution in [3.05, 3.63) is 56.7 Å². The fourth-order valence-electron chi connectivity index (χ4n) is 1.43. The average Bonchev–Trinajstić information content (AvgIpc) is 2.41. The van der Waals surface area contributed by atoms with Crippen molar-refractivity contribution in [2.45, 2.75) is 0 Å². The Kier molecular flexibility index (Phi) is 3.94. The molecule has 3 N–H and O–H groups in total. The van der Waals surface area contributed by atoms with Crippen LogP contribution in [0.3, 0.4) is 0 Å². The second kappa shape index (κ2) is 5.66. The predicted octanol–water partition coefficient (Wildman–Crippen LogP) is 1.48. The Morgan fingerprint density at radius 1 is 1.35 bits per heavy atom. The van der Waals surface area contributed by atoms with E-state index in [4.69, 9.17) is 5.11 Å². The lowest BCUT2D eigenvalue weighted by atomic mass is 10.2. The number of hydrogen-bond donors (Lipinski definition) is 3. The second-order valence-electron chi connectivity index (χ2n) is 3.75. The monoisotopic (exact) mass is 337 g/mol. The molecule has 0 bridgehead atoms. The fourth-order valence-corrected chi connectivity index (χ4v) is 1.84. The van der Waals surface area contributed by atoms with Crippen LogP contribution in [-0.2, 0) is 0 Å². The SMILES string of the molecule is O=C(Nc1ccc(Br)c(C(=O)O)c1)c1c[nH]c(=O)cn1. The number of carbonyl (C=O) groups is 2. The molecule has 7 nitrogen and oxygen atoms in total. The highest BCUT2D eigenvalue weighted by molar-refractivity contribution is 9.10. The van der Waals surface area contributed by atoms with Gasteiger partial charge < -0.3 is 15.4 Å². The van der Waals surface area contributed by atoms with Crippen LogP contribution in [0.5, 0.6) is 0 Å². The number of carboxylic acid groups (broad SMARTS) is 1. The van der Waals surface area contributed by atoms with E-state index in [9.17, 15) is 14.4 Å². The smallest absolute Gasteiger partial charge is 0.336 e. The third-order valence-electron chi connectivity index (χ3n) is 2.36. The number of hydrogen-bond acceptors (Lipinski definition) is 4. The molecule has 20 heavy (non-hydrogen) atoms. The molecular weight excluding hydrogens is 330 g/mol. The maximum absolute atomic E-state index is 11.8. The number of benzene rings is 1. The van der Waals surface area contributed by atoms with Crippen molar-refractivity contribution in [1.29, 1.82) is 0 Å². The van der Waals surface area contributed by atoms with E-state index in [0.29, 0.717) is 10.2 Å². The number of aromatic amines is 1. The molecule has 0 spiro atoms. The molecule has 0 aliphatic carbocycles. The van der Waals surface area contributed by atoms with E-state index in [1.165, 1.54) is 18.3 Å². The van der Waals surface area contributed by atoms with Crippen molar-refractivity contribution in [3.63, 3.8) is 0 Å². The van der Waals surface area contributed by atoms with Gasteiger partial charge in [-0.1, -0.05) is 0 Å². The summed E-state index contributed by atoms with van der Waals surface area (Å²) in [6.45, 7) is 0. The third kappa shape index (κ3) is 3.09. The molecular formula is C12H8BrN3O4. The summed E-state index contributed by atoms with van der Waals surface area (Å²) >= 11 is 3.10. The van der Waals surface area contributed by atoms with Gasteiger partial charge in [-0.05, 0) is 34.1 Å². The van der Waals surface area contributed by atoms with Gasteiger partial charge in [-0.3, -0.25) is 9.59 Å². The highest BCUT2D eigenvalue weighted by Crippen LogP contribution is 2.21. The first-order valence-electron chi connectivity index (χ1n) is 5.36. The number of anilines is 1. The zero-order valence-corrected chi connectivity index (χ0v) is 11.5. The van der Waals surface area contributed by atoms with Crippen molar-refractivity contribution < 1.29 is 14.7 Å². The predicted molar refractivity (Wildman–Crippen MR) is 73.9 cm³/mol. The van der Waals surface area contributed by atoms with Gasteiger partial charge in [0.2, 0.25) is 0 Å². The van der Waals surface area contributed by atoms with Crippen LogP contribution in [0.15, 0.2) is 39.9 Å². The Labute approximate surface area is 120 Å². The molecule has 0 aliphatic rings. The van der Waals surface area contributed by atoms with Gasteiger partial charge in [0.15, 0.2) is 0 Å². The normalized spacial score (nSPS) is 10.1. The van der Waals surface area contributed by atoms with E-state index in [-0.39, 0.29) is 11.3 Å². The Morgan fingerprint density at radius 2 is 2.10 bits per heavy atom. The fraction of sp³-hybridized carbons (Fsp3) is 0. The first-order chi connectivity index (χ1) is 9.47. The van der Waals surface area contributed by atoms with E-state index >= 15 is 0 Å². The minimum atomic E-state index is -1.12. The molecule has 0 aliphatic heterocycles. The zero-order valence-electron chi connectivity index (χ0n) is 9.88. The first-order valence-corrected chi connectivity index (χ1v) is 6.15. The number of nitrogens with zero attached hydrogens (tertiary/aromatic N) is 1. The van der Waals surface area contributed by atoms with Crippen molar-refractivity contribution in [2.75, 3.05) is 5.32 Å². The molecule has 1 aromatic heterocycles. The average molecular weight is 338 g/mol. The summed E-state index contributed by atoms with van der Waals surface area (Å²) in [7, 11) is 0. The van der Waals surface area contributed by atoms with Gasteiger partial charge in [0.05, 0.1) is 11.8 Å². The number of H-pyrrole nitrogens is 1. The van der Waals surface area contributed by atoms with Crippen LogP contribution in [-0.4, -0.2) is 27.0 Å². The largest absolute Gasteiger partial charge is 0.478 e. The molecule has 2 aromatic rings. The Bertz CT molecular complexity index is 721. The minimum absolute atomic E-state index is 0.0180. The molecule has 1 heterocycles. The molecule has 8 heteroatoms. The molecule has 0 saturated carbocycles. The highest BCUT2D eigenvalue weighted by atomic mass is 79.9. The highest BCUT2D eigenvalue weighted by Gasteiger charge is 2.12. The summed E-state index contributed by atoms with van der Waals surface area (Å²) in [5, 5.41) is 11.5. The van der Waals surface area contributed by atoms with Gasteiger partial charge in [-0.25, -0.2) is 9.78 Å². The van der Waals surface area contributed by atoms with Gasteiger partial charge in [0.25, 0.3) is 11.5 Å². The Balaban J connectivity index is 2.24. The van der Waals surface area contributed by atoms with Gasteiger partial charge in [-0.2, -0.15) is 0 Å². The van der Waals surface area contributed by atoms with E-state index in [1.54, 1.807) is 6.07 Å². The summed E-state index contributed by atoms with van der Waals surface area (Å²) in [5.41, 5.74) is -0.0661. The number of nitrogens with one attached hydrogen (secondary N) is 2. The van der Waals surface area contributed by atoms with E-state index in [1.807, 2.05) is 0 Å². The maximum Gasteiger partial charge on any atom is 0.336 e. The number of amides is 1. The molecule has 1 aromatic carbocycles. The molecule has 0 saturated heterocycles. The van der Waals surface area contributed by atoms with E-state index < -0.39 is 17.4 Å². The summed E-state index contributed by atoms with van der Waals surface area (Å²) in [5.74, 6) is -1.67. The number of carboxylic acids is 1. The number of aromatic nitrogens is 2. The second-order valence-corrected chi connectivity index (χ2v) is 4.60. The first kappa shape index (κ1) is 13.9. The van der Waals surface area contributed by atoms with Crippen LogP contribution in [0.4, 0.5) is 5.69 Å². The van der Waals surface area contributed by atoms with Gasteiger partial charge >= 0.3 is 5.97 Å². The third-order valence-corrected chi connectivity index (χ3v) is 3.05. The molecule has 0 fully saturated rings. The number of halogens is 1. The molecule has 2 rings (SSSR count). The standard InChI is InChI=1S/C12H8BrN3O4/c13-8-2-1-6(3-7(8)12(19)20)16-11(18)9-4-15-10(17)5-14-9/h1-5H,(H,15,17)(H,16,18)(H,19,20). The minimum Gasteiger partial charge on any atom is -0.478 e. The van der Waals surface area contributed by atoms with Gasteiger partial charge in [0.1, 0.15) is 5.69 Å². The number of rotatable bonds is 3. The van der Waals surface area contributed by atoms with Crippen LogP contribution < -0.4 is 10.9 Å². The summed E-state index contributed by atoms with van der Waals surface area (Å²) in [6.07, 6.45) is 2.16. The van der Waals surface area contributed by atoms with Crippen LogP contribution >= 0.6 is 15.9 Å². The molecule has 0 atom stereocenters. The lowest BCUT2D eigenvalue weighted by molar-refractivity contribution is 0.0695. The molecule has 102 valence electrons. The molecule has 1 amide bonds. The number of aromatic carboxylic acids is 1. The summed E-state index contributed by atoms with van der Waals surface area (Å²) < 4.78 is 0.408. The Hall–Kier alpha value is -2.48. The lowest BCUT2D eigenvalue weighted by Gasteiger charge is -2.06. The lowest BCUT2D eigenvalue weighted by Crippen LogP contribution is -2.17. The zero-order chi connectivity index (χ0) is 14.7. The summed E-state index contributed by atoms with van der Waals surface area (Å²) in [6, 6.07) is 4.37. The van der Waals surface area contributed by atoms with Gasteiger partial charge in [0, 0.05) is 16.4 Å². The van der Waals surface area contributed by atoms with E-state index in [0.717, 1.165) is 6.20 Å². The quantitative estimate of drug-likeness (QED) is 0.785. The van der Waals surface area contributed by atoms with E-state index in [2.05, 4.69) is 31.2 Å². The van der Waals surface area contributed by atoms with Crippen molar-refractivity contribution in [2.24, 2.45) is 0 Å². The van der Waals surface area contributed by atoms with Crippen molar-refractivity contribution in [3.8, 4) is 0 Å². The van der Waals surface area contributed by atoms with Crippen molar-refractivity contribution >= 4 is 33.5 Å². The number of carbonyl (C=O) groups excluding carboxylic acids is 1. The van der Waals surface area contributed by atoms with Crippen LogP contribution in [0, 0.1) is 0 Å². The summed E-state index contributed by atoms with van der Waals surface area (Å²) in [4.78, 5) is 39.6. The van der Waals surface area contributed by atoms with Crippen LogP contribution in [0.25, 0.3) is 0 Å². The van der Waals surface area contributed by atoms with Crippen LogP contribution in [0.1, 0.15) is 20.8 Å². The van der Waals surface area contributed by atoms with Gasteiger partial charge in [-0.15, -0.1) is 0 Å². The van der Waals surface area contributed by atoms with Crippen molar-refractivity contribution in [1.82, 2.24) is 9.97 Å². The van der Waals surface area contributed by atoms with Crippen LogP contribution in [0.2, 0.25) is 0 Å². The Morgan fingerprint density at radius 3 is 2.70 bits per heavy atom. The molecule has 0 unspecified atom stereocenters. The molecule has 0 radical (unpaired) electrons.